The van der Waals surface area contributed by atoms with Crippen LogP contribution in [0, 0.1) is 0 Å². The van der Waals surface area contributed by atoms with Crippen molar-refractivity contribution in [1.82, 2.24) is 14.7 Å². The lowest BCUT2D eigenvalue weighted by molar-refractivity contribution is 0.0356. The fourth-order valence-electron chi connectivity index (χ4n) is 3.09. The van der Waals surface area contributed by atoms with Crippen molar-refractivity contribution in [1.29, 1.82) is 0 Å². The van der Waals surface area contributed by atoms with E-state index in [4.69, 9.17) is 9.47 Å². The fourth-order valence-corrected chi connectivity index (χ4v) is 3.09. The Morgan fingerprint density at radius 2 is 2.05 bits per heavy atom. The first kappa shape index (κ1) is 15.3. The van der Waals surface area contributed by atoms with Crippen LogP contribution in [0.3, 0.4) is 0 Å². The predicted octanol–water partition coefficient (Wildman–Crippen LogP) is 1.23. The van der Waals surface area contributed by atoms with Crippen LogP contribution >= 0.6 is 0 Å². The van der Waals surface area contributed by atoms with Gasteiger partial charge in [-0.15, -0.1) is 0 Å². The zero-order valence-electron chi connectivity index (χ0n) is 12.7. The molecular weight excluding hydrogens is 286 g/mol. The van der Waals surface area contributed by atoms with Crippen LogP contribution in [0.25, 0.3) is 0 Å². The number of aromatic carboxylic acids is 1. The van der Waals surface area contributed by atoms with E-state index >= 15 is 0 Å². The van der Waals surface area contributed by atoms with Crippen LogP contribution in [-0.2, 0) is 11.3 Å². The molecule has 2 heterocycles. The standard InChI is InChI=1S/C15H23N3O4/c19-15(20)14-13(22-12-3-1-2-4-12)11-16-18(14)6-5-17-7-9-21-10-8-17/h11-12H,1-10H2,(H,19,20). The Bertz CT molecular complexity index is 505. The molecule has 0 unspecified atom stereocenters. The summed E-state index contributed by atoms with van der Waals surface area (Å²) >= 11 is 0. The quantitative estimate of drug-likeness (QED) is 0.852. The first-order valence-electron chi connectivity index (χ1n) is 8.00. The highest BCUT2D eigenvalue weighted by atomic mass is 16.5. The number of carboxylic acids is 1. The van der Waals surface area contributed by atoms with Gasteiger partial charge in [-0.2, -0.15) is 5.10 Å². The summed E-state index contributed by atoms with van der Waals surface area (Å²) in [5, 5.41) is 13.7. The molecule has 1 aromatic rings. The Morgan fingerprint density at radius 3 is 2.73 bits per heavy atom. The summed E-state index contributed by atoms with van der Waals surface area (Å²) in [5.41, 5.74) is 0.167. The van der Waals surface area contributed by atoms with Gasteiger partial charge in [0.25, 0.3) is 0 Å². The van der Waals surface area contributed by atoms with E-state index in [9.17, 15) is 9.90 Å². The molecule has 0 radical (unpaired) electrons. The smallest absolute Gasteiger partial charge is 0.358 e. The second kappa shape index (κ2) is 7.11. The lowest BCUT2D eigenvalue weighted by atomic mass is 10.3. The Hall–Kier alpha value is -1.60. The SMILES string of the molecule is O=C(O)c1c(OC2CCCC2)cnn1CCN1CCOCC1. The molecular formula is C15H23N3O4. The summed E-state index contributed by atoms with van der Waals surface area (Å²) < 4.78 is 12.7. The van der Waals surface area contributed by atoms with E-state index in [-0.39, 0.29) is 11.8 Å². The molecule has 0 atom stereocenters. The highest BCUT2D eigenvalue weighted by Crippen LogP contribution is 2.26. The minimum atomic E-state index is -0.979. The van der Waals surface area contributed by atoms with E-state index in [0.717, 1.165) is 58.5 Å². The number of hydrogen-bond donors (Lipinski definition) is 1. The summed E-state index contributed by atoms with van der Waals surface area (Å²) in [4.78, 5) is 13.8. The Morgan fingerprint density at radius 1 is 1.32 bits per heavy atom. The molecule has 7 heteroatoms. The van der Waals surface area contributed by atoms with Gasteiger partial charge in [0.2, 0.25) is 0 Å². The van der Waals surface area contributed by atoms with Crippen LogP contribution in [0.2, 0.25) is 0 Å². The third kappa shape index (κ3) is 3.59. The van der Waals surface area contributed by atoms with Crippen LogP contribution in [-0.4, -0.2) is 64.7 Å². The lowest BCUT2D eigenvalue weighted by Gasteiger charge is -2.26. The average Bonchev–Trinajstić information content (AvgIpc) is 3.16. The third-order valence-electron chi connectivity index (χ3n) is 4.34. The summed E-state index contributed by atoms with van der Waals surface area (Å²) in [6.45, 7) is 4.57. The topological polar surface area (TPSA) is 76.8 Å². The molecule has 0 bridgehead atoms. The fraction of sp³-hybridized carbons (Fsp3) is 0.733. The van der Waals surface area contributed by atoms with Crippen molar-refractivity contribution in [2.24, 2.45) is 0 Å². The van der Waals surface area contributed by atoms with Crippen LogP contribution in [0.4, 0.5) is 0 Å². The highest BCUT2D eigenvalue weighted by Gasteiger charge is 2.24. The Balaban J connectivity index is 1.64. The molecule has 3 rings (SSSR count). The molecule has 2 aliphatic rings. The van der Waals surface area contributed by atoms with E-state index in [1.807, 2.05) is 0 Å². The number of aromatic nitrogens is 2. The molecule has 1 aliphatic carbocycles. The maximum absolute atomic E-state index is 11.6. The summed E-state index contributed by atoms with van der Waals surface area (Å²) in [6.07, 6.45) is 5.98. The van der Waals surface area contributed by atoms with Crippen molar-refractivity contribution in [3.63, 3.8) is 0 Å². The molecule has 0 aromatic carbocycles. The van der Waals surface area contributed by atoms with E-state index in [2.05, 4.69) is 10.00 Å². The van der Waals surface area contributed by atoms with Gasteiger partial charge in [-0.3, -0.25) is 9.58 Å². The van der Waals surface area contributed by atoms with E-state index in [1.165, 1.54) is 0 Å². The van der Waals surface area contributed by atoms with Gasteiger partial charge in [0.15, 0.2) is 11.4 Å². The van der Waals surface area contributed by atoms with E-state index < -0.39 is 5.97 Å². The van der Waals surface area contributed by atoms with Crippen molar-refractivity contribution >= 4 is 5.97 Å². The van der Waals surface area contributed by atoms with Gasteiger partial charge in [-0.25, -0.2) is 4.79 Å². The molecule has 1 aliphatic heterocycles. The summed E-state index contributed by atoms with van der Waals surface area (Å²) in [5.74, 6) is -0.575. The van der Waals surface area contributed by atoms with Crippen molar-refractivity contribution in [2.75, 3.05) is 32.8 Å². The Kier molecular flexibility index (Phi) is 4.94. The molecule has 2 fully saturated rings. The van der Waals surface area contributed by atoms with Gasteiger partial charge in [0, 0.05) is 19.6 Å². The minimum absolute atomic E-state index is 0.134. The third-order valence-corrected chi connectivity index (χ3v) is 4.34. The normalized spacial score (nSPS) is 20.4. The number of hydrogen-bond acceptors (Lipinski definition) is 5. The van der Waals surface area contributed by atoms with Crippen LogP contribution in [0.15, 0.2) is 6.20 Å². The van der Waals surface area contributed by atoms with Crippen LogP contribution < -0.4 is 4.74 Å². The molecule has 7 nitrogen and oxygen atoms in total. The number of rotatable bonds is 6. The zero-order chi connectivity index (χ0) is 15.4. The number of carboxylic acid groups (broad SMARTS) is 1. The van der Waals surface area contributed by atoms with E-state index in [0.29, 0.717) is 12.3 Å². The van der Waals surface area contributed by atoms with E-state index in [1.54, 1.807) is 10.9 Å². The maximum Gasteiger partial charge on any atom is 0.358 e. The monoisotopic (exact) mass is 309 g/mol. The largest absolute Gasteiger partial charge is 0.486 e. The van der Waals surface area contributed by atoms with Gasteiger partial charge in [0.1, 0.15) is 0 Å². The van der Waals surface area contributed by atoms with Crippen molar-refractivity contribution < 1.29 is 19.4 Å². The average molecular weight is 309 g/mol. The maximum atomic E-state index is 11.6. The predicted molar refractivity (Wildman–Crippen MR) is 79.3 cm³/mol. The van der Waals surface area contributed by atoms with Crippen molar-refractivity contribution in [3.05, 3.63) is 11.9 Å². The molecule has 1 saturated heterocycles. The summed E-state index contributed by atoms with van der Waals surface area (Å²) in [7, 11) is 0. The first-order valence-corrected chi connectivity index (χ1v) is 8.00. The molecule has 0 amide bonds. The van der Waals surface area contributed by atoms with Crippen LogP contribution in [0.1, 0.15) is 36.2 Å². The Labute approximate surface area is 129 Å². The second-order valence-corrected chi connectivity index (χ2v) is 5.86. The molecule has 1 N–H and O–H groups in total. The lowest BCUT2D eigenvalue weighted by Crippen LogP contribution is -2.38. The number of ether oxygens (including phenoxy) is 2. The van der Waals surface area contributed by atoms with Gasteiger partial charge in [-0.1, -0.05) is 0 Å². The molecule has 0 spiro atoms. The van der Waals surface area contributed by atoms with Gasteiger partial charge >= 0.3 is 5.97 Å². The minimum Gasteiger partial charge on any atom is -0.486 e. The molecule has 1 aromatic heterocycles. The van der Waals surface area contributed by atoms with Gasteiger partial charge in [0.05, 0.1) is 32.1 Å². The number of carbonyl (C=O) groups is 1. The van der Waals surface area contributed by atoms with Crippen molar-refractivity contribution in [3.8, 4) is 5.75 Å². The molecule has 1 saturated carbocycles. The first-order chi connectivity index (χ1) is 10.7. The highest BCUT2D eigenvalue weighted by molar-refractivity contribution is 5.88. The molecule has 122 valence electrons. The van der Waals surface area contributed by atoms with Crippen molar-refractivity contribution in [2.45, 2.75) is 38.3 Å². The molecule has 22 heavy (non-hydrogen) atoms. The van der Waals surface area contributed by atoms with Crippen LogP contribution in [0.5, 0.6) is 5.75 Å². The summed E-state index contributed by atoms with van der Waals surface area (Å²) in [6, 6.07) is 0. The number of nitrogens with zero attached hydrogens (tertiary/aromatic N) is 3. The van der Waals surface area contributed by atoms with Gasteiger partial charge < -0.3 is 14.6 Å². The zero-order valence-corrected chi connectivity index (χ0v) is 12.7. The second-order valence-electron chi connectivity index (χ2n) is 5.86. The van der Waals surface area contributed by atoms with Gasteiger partial charge in [-0.05, 0) is 25.7 Å². The number of morpholine rings is 1.